The van der Waals surface area contributed by atoms with E-state index >= 15 is 0 Å². The number of nitrogens with one attached hydrogen (secondary N) is 1. The summed E-state index contributed by atoms with van der Waals surface area (Å²) in [6, 6.07) is 6.74. The molecule has 13 nitrogen and oxygen atoms in total. The Morgan fingerprint density at radius 1 is 1.32 bits per heavy atom. The Morgan fingerprint density at radius 2 is 2.00 bits per heavy atom. The van der Waals surface area contributed by atoms with Crippen molar-refractivity contribution in [3.63, 3.8) is 0 Å². The van der Waals surface area contributed by atoms with Gasteiger partial charge in [-0.2, -0.15) is 4.98 Å². The van der Waals surface area contributed by atoms with Crippen LogP contribution in [0.3, 0.4) is 0 Å². The Hall–Kier alpha value is -3.39. The summed E-state index contributed by atoms with van der Waals surface area (Å²) in [5.74, 6) is -0.131. The molecule has 0 bridgehead atoms. The predicted octanol–water partition coefficient (Wildman–Crippen LogP) is 0.0727. The first kappa shape index (κ1) is 22.3. The van der Waals surface area contributed by atoms with Gasteiger partial charge < -0.3 is 24.8 Å². The van der Waals surface area contributed by atoms with Crippen molar-refractivity contribution in [1.82, 2.24) is 9.55 Å². The third kappa shape index (κ3) is 4.86. The minimum absolute atomic E-state index is 0.0978. The van der Waals surface area contributed by atoms with Crippen molar-refractivity contribution in [1.29, 1.82) is 0 Å². The molecule has 0 radical (unpaired) electrons. The fourth-order valence-electron chi connectivity index (χ4n) is 3.02. The van der Waals surface area contributed by atoms with E-state index in [9.17, 15) is 29.9 Å². The van der Waals surface area contributed by atoms with Crippen LogP contribution in [0.5, 0.6) is 0 Å². The summed E-state index contributed by atoms with van der Waals surface area (Å²) in [6.45, 7) is 1.02. The van der Waals surface area contributed by atoms with E-state index in [1.807, 2.05) is 0 Å². The summed E-state index contributed by atoms with van der Waals surface area (Å²) < 4.78 is 11.4. The summed E-state index contributed by atoms with van der Waals surface area (Å²) >= 11 is 0. The number of aromatic nitrogens is 2. The lowest BCUT2D eigenvalue weighted by Gasteiger charge is -2.17. The molecule has 2 heterocycles. The van der Waals surface area contributed by atoms with Gasteiger partial charge in [0, 0.05) is 18.3 Å². The zero-order chi connectivity index (χ0) is 22.7. The molecule has 166 valence electrons. The van der Waals surface area contributed by atoms with E-state index in [2.05, 4.69) is 10.3 Å². The van der Waals surface area contributed by atoms with Gasteiger partial charge in [-0.3, -0.25) is 20.0 Å². The first-order valence-electron chi connectivity index (χ1n) is 9.15. The van der Waals surface area contributed by atoms with Crippen LogP contribution < -0.4 is 11.0 Å². The Kier molecular flexibility index (Phi) is 6.60. The summed E-state index contributed by atoms with van der Waals surface area (Å²) in [7, 11) is 0. The van der Waals surface area contributed by atoms with Crippen LogP contribution in [-0.2, 0) is 9.47 Å². The molecule has 1 aromatic carbocycles. The van der Waals surface area contributed by atoms with Crippen molar-refractivity contribution < 1.29 is 34.5 Å². The predicted molar refractivity (Wildman–Crippen MR) is 103 cm³/mol. The normalized spacial score (nSPS) is 23.9. The molecule has 3 rings (SSSR count). The molecule has 5 atom stereocenters. The third-order valence-electron chi connectivity index (χ3n) is 4.71. The quantitative estimate of drug-likeness (QED) is 0.356. The maximum atomic E-state index is 12.3. The second-order valence-electron chi connectivity index (χ2n) is 6.75. The van der Waals surface area contributed by atoms with Gasteiger partial charge in [-0.25, -0.2) is 9.59 Å². The first-order chi connectivity index (χ1) is 14.7. The Labute approximate surface area is 174 Å². The van der Waals surface area contributed by atoms with Crippen LogP contribution in [0.25, 0.3) is 0 Å². The molecule has 0 aliphatic carbocycles. The van der Waals surface area contributed by atoms with Gasteiger partial charge in [0.05, 0.1) is 11.5 Å². The van der Waals surface area contributed by atoms with Crippen LogP contribution in [-0.4, -0.2) is 60.8 Å². The van der Waals surface area contributed by atoms with Crippen LogP contribution in [0.4, 0.5) is 16.3 Å². The minimum atomic E-state index is -1.46. The lowest BCUT2D eigenvalue weighted by Crippen LogP contribution is -2.36. The standard InChI is InChI=1S/C18H20N4O9/c1-9(10-2-4-11(5-3-10)22(28)29)30-18(27)20-13-6-7-21(17(26)19-13)16-15(25)14(24)12(8-23)31-16/h2-7,9,12,14-16,23-25H,8H2,1H3,(H,19,20,26,27)/t9?,12-,14-,15+,16-/m1/s1. The number of rotatable bonds is 6. The van der Waals surface area contributed by atoms with E-state index in [0.29, 0.717) is 5.56 Å². The molecule has 0 spiro atoms. The Bertz CT molecular complexity index is 1010. The highest BCUT2D eigenvalue weighted by Crippen LogP contribution is 2.28. The molecular formula is C18H20N4O9. The molecule has 2 aromatic rings. The molecule has 1 unspecified atom stereocenters. The Balaban J connectivity index is 1.64. The number of ether oxygens (including phenoxy) is 2. The number of anilines is 1. The molecule has 0 saturated carbocycles. The van der Waals surface area contributed by atoms with Gasteiger partial charge in [-0.15, -0.1) is 0 Å². The van der Waals surface area contributed by atoms with Crippen LogP contribution >= 0.6 is 0 Å². The van der Waals surface area contributed by atoms with Crippen LogP contribution in [0, 0.1) is 10.1 Å². The highest BCUT2D eigenvalue weighted by atomic mass is 16.6. The number of benzene rings is 1. The molecule has 1 aliphatic rings. The van der Waals surface area contributed by atoms with Gasteiger partial charge in [0.25, 0.3) is 5.69 Å². The number of nitrogens with zero attached hydrogens (tertiary/aromatic N) is 3. The molecule has 1 aliphatic heterocycles. The topological polar surface area (TPSA) is 186 Å². The highest BCUT2D eigenvalue weighted by Gasteiger charge is 2.43. The third-order valence-corrected chi connectivity index (χ3v) is 4.71. The lowest BCUT2D eigenvalue weighted by atomic mass is 10.1. The van der Waals surface area contributed by atoms with Crippen molar-refractivity contribution in [2.75, 3.05) is 11.9 Å². The number of amides is 1. The van der Waals surface area contributed by atoms with Gasteiger partial charge >= 0.3 is 11.8 Å². The monoisotopic (exact) mass is 436 g/mol. The van der Waals surface area contributed by atoms with Gasteiger partial charge in [0.2, 0.25) is 0 Å². The number of carbonyl (C=O) groups is 1. The second-order valence-corrected chi connectivity index (χ2v) is 6.75. The number of aliphatic hydroxyl groups excluding tert-OH is 3. The van der Waals surface area contributed by atoms with Crippen molar-refractivity contribution in [2.45, 2.75) is 37.6 Å². The highest BCUT2D eigenvalue weighted by molar-refractivity contribution is 5.83. The van der Waals surface area contributed by atoms with E-state index in [-0.39, 0.29) is 11.5 Å². The molecule has 1 saturated heterocycles. The molecule has 31 heavy (non-hydrogen) atoms. The number of nitro benzene ring substituents is 1. The summed E-state index contributed by atoms with van der Waals surface area (Å²) in [6.07, 6.45) is -5.59. The van der Waals surface area contributed by atoms with Gasteiger partial charge in [-0.05, 0) is 30.7 Å². The minimum Gasteiger partial charge on any atom is -0.441 e. The maximum absolute atomic E-state index is 12.3. The number of nitro groups is 1. The van der Waals surface area contributed by atoms with Crippen molar-refractivity contribution in [3.05, 3.63) is 62.7 Å². The number of non-ortho nitro benzene ring substituents is 1. The number of hydrogen-bond acceptors (Lipinski definition) is 10. The smallest absolute Gasteiger partial charge is 0.413 e. The first-order valence-corrected chi connectivity index (χ1v) is 9.15. The zero-order valence-corrected chi connectivity index (χ0v) is 16.2. The zero-order valence-electron chi connectivity index (χ0n) is 16.2. The van der Waals surface area contributed by atoms with Gasteiger partial charge in [-0.1, -0.05) is 0 Å². The fraction of sp³-hybridized carbons (Fsp3) is 0.389. The summed E-state index contributed by atoms with van der Waals surface area (Å²) in [5, 5.41) is 41.9. The largest absolute Gasteiger partial charge is 0.441 e. The molecule has 4 N–H and O–H groups in total. The van der Waals surface area contributed by atoms with E-state index < -0.39 is 54.0 Å². The number of carbonyl (C=O) groups excluding carboxylic acids is 1. The van der Waals surface area contributed by atoms with Crippen molar-refractivity contribution in [3.8, 4) is 0 Å². The molecular weight excluding hydrogens is 416 g/mol. The van der Waals surface area contributed by atoms with Crippen LogP contribution in [0.1, 0.15) is 24.8 Å². The average molecular weight is 436 g/mol. The fourth-order valence-corrected chi connectivity index (χ4v) is 3.02. The van der Waals surface area contributed by atoms with E-state index in [1.165, 1.54) is 36.5 Å². The SMILES string of the molecule is CC(OC(=O)Nc1ccn([C@@H]2O[C@H](CO)[C@@H](O)[C@@H]2O)c(=O)n1)c1ccc([N+](=O)[O-])cc1. The van der Waals surface area contributed by atoms with E-state index in [4.69, 9.17) is 14.6 Å². The van der Waals surface area contributed by atoms with Crippen molar-refractivity contribution in [2.24, 2.45) is 0 Å². The van der Waals surface area contributed by atoms with Crippen molar-refractivity contribution >= 4 is 17.6 Å². The molecule has 1 fully saturated rings. The van der Waals surface area contributed by atoms with E-state index in [0.717, 1.165) is 4.57 Å². The molecule has 13 heteroatoms. The maximum Gasteiger partial charge on any atom is 0.413 e. The number of hydrogen-bond donors (Lipinski definition) is 4. The van der Waals surface area contributed by atoms with Gasteiger partial charge in [0.1, 0.15) is 30.2 Å². The average Bonchev–Trinajstić information content (AvgIpc) is 3.02. The summed E-state index contributed by atoms with van der Waals surface area (Å²) in [5.41, 5.74) is -0.455. The van der Waals surface area contributed by atoms with Crippen LogP contribution in [0.15, 0.2) is 41.3 Å². The van der Waals surface area contributed by atoms with Crippen LogP contribution in [0.2, 0.25) is 0 Å². The Morgan fingerprint density at radius 3 is 2.55 bits per heavy atom. The molecule has 1 amide bonds. The second kappa shape index (κ2) is 9.18. The molecule has 1 aromatic heterocycles. The number of aliphatic hydroxyl groups is 3. The van der Waals surface area contributed by atoms with E-state index in [1.54, 1.807) is 6.92 Å². The summed E-state index contributed by atoms with van der Waals surface area (Å²) in [4.78, 5) is 38.2. The lowest BCUT2D eigenvalue weighted by molar-refractivity contribution is -0.384. The van der Waals surface area contributed by atoms with Gasteiger partial charge in [0.15, 0.2) is 6.23 Å².